The SMILES string of the molecule is CC(C)c1cccc(C(C)C)c1[N]=[Re](=[S])=[N]c1c(C(C)C)cccc1C(C)C. The molecular weight excluding hydrogens is 535 g/mol. The van der Waals surface area contributed by atoms with E-state index in [1.807, 2.05) is 0 Å². The Bertz CT molecular complexity index is 842. The summed E-state index contributed by atoms with van der Waals surface area (Å²) in [6.45, 7) is 17.8. The minimum absolute atomic E-state index is 0.427. The van der Waals surface area contributed by atoms with Crippen LogP contribution in [0.5, 0.6) is 0 Å². The van der Waals surface area contributed by atoms with Crippen LogP contribution in [-0.4, -0.2) is 0 Å². The van der Waals surface area contributed by atoms with E-state index in [9.17, 15) is 0 Å². The van der Waals surface area contributed by atoms with E-state index >= 15 is 0 Å². The molecule has 0 aliphatic carbocycles. The predicted octanol–water partition coefficient (Wildman–Crippen LogP) is 9.24. The molecule has 0 N–H and O–H groups in total. The second kappa shape index (κ2) is 10.1. The Morgan fingerprint density at radius 1 is 0.571 bits per heavy atom. The third-order valence-electron chi connectivity index (χ3n) is 5.00. The first-order valence-electron chi connectivity index (χ1n) is 10.2. The van der Waals surface area contributed by atoms with Crippen molar-refractivity contribution in [2.24, 2.45) is 7.14 Å². The van der Waals surface area contributed by atoms with Crippen LogP contribution < -0.4 is 0 Å². The Hall–Kier alpha value is -1.08. The molecule has 0 bridgehead atoms. The summed E-state index contributed by atoms with van der Waals surface area (Å²) < 4.78 is 10.3. The topological polar surface area (TPSA) is 24.7 Å². The second-order valence-corrected chi connectivity index (χ2v) is 13.6. The van der Waals surface area contributed by atoms with Gasteiger partial charge in [0.25, 0.3) is 0 Å². The van der Waals surface area contributed by atoms with Gasteiger partial charge in [-0.2, -0.15) is 0 Å². The van der Waals surface area contributed by atoms with Gasteiger partial charge in [0, 0.05) is 0 Å². The molecule has 2 aromatic carbocycles. The molecule has 0 fully saturated rings. The van der Waals surface area contributed by atoms with Crippen LogP contribution >= 0.6 is 9.94 Å². The summed E-state index contributed by atoms with van der Waals surface area (Å²) >= 11 is -2.62. The molecular formula is C24H34N2ReS. The first-order valence-corrected chi connectivity index (χ1v) is 16.3. The summed E-state index contributed by atoms with van der Waals surface area (Å²) in [6.07, 6.45) is 0. The molecule has 0 amide bonds. The molecule has 0 saturated heterocycles. The summed E-state index contributed by atoms with van der Waals surface area (Å²) in [5, 5.41) is 0. The van der Waals surface area contributed by atoms with Gasteiger partial charge in [-0.15, -0.1) is 0 Å². The van der Waals surface area contributed by atoms with Gasteiger partial charge in [-0.05, 0) is 0 Å². The normalized spacial score (nSPS) is 11.6. The van der Waals surface area contributed by atoms with E-state index in [1.165, 1.54) is 22.3 Å². The first kappa shape index (κ1) is 23.2. The third-order valence-corrected chi connectivity index (χ3v) is 8.38. The minimum atomic E-state index is -2.62. The summed E-state index contributed by atoms with van der Waals surface area (Å²) in [5.74, 6) is 1.71. The number of benzene rings is 2. The van der Waals surface area contributed by atoms with E-state index in [1.54, 1.807) is 0 Å². The Balaban J connectivity index is 2.75. The van der Waals surface area contributed by atoms with Crippen LogP contribution in [0.4, 0.5) is 11.4 Å². The van der Waals surface area contributed by atoms with E-state index in [0.29, 0.717) is 23.7 Å². The summed E-state index contributed by atoms with van der Waals surface area (Å²) in [6, 6.07) is 13.1. The third kappa shape index (κ3) is 5.50. The van der Waals surface area contributed by atoms with Gasteiger partial charge in [-0.25, -0.2) is 0 Å². The van der Waals surface area contributed by atoms with E-state index in [4.69, 9.17) is 17.1 Å². The Morgan fingerprint density at radius 3 is 1.04 bits per heavy atom. The van der Waals surface area contributed by atoms with Crippen molar-refractivity contribution in [3.8, 4) is 0 Å². The van der Waals surface area contributed by atoms with Crippen LogP contribution in [0, 0.1) is 0 Å². The van der Waals surface area contributed by atoms with Gasteiger partial charge in [-0.1, -0.05) is 0 Å². The van der Waals surface area contributed by atoms with Crippen LogP contribution in [0.2, 0.25) is 0 Å². The van der Waals surface area contributed by atoms with Crippen LogP contribution in [0.1, 0.15) is 101 Å². The number of rotatable bonds is 6. The van der Waals surface area contributed by atoms with Crippen molar-refractivity contribution >= 4 is 21.3 Å². The molecule has 0 heterocycles. The van der Waals surface area contributed by atoms with Crippen LogP contribution in [0.3, 0.4) is 0 Å². The molecule has 0 aliphatic heterocycles. The molecule has 2 rings (SSSR count). The standard InChI is InChI=1S/2C12H17N.Re.S/c2*1-8(2)10-6-5-7-11(9(3)4)12(10)13;;/h2*5-9H,1-4H3;;. The van der Waals surface area contributed by atoms with Crippen LogP contribution in [0.25, 0.3) is 0 Å². The maximum absolute atomic E-state index is 5.94. The molecule has 28 heavy (non-hydrogen) atoms. The van der Waals surface area contributed by atoms with Gasteiger partial charge < -0.3 is 0 Å². The summed E-state index contributed by atoms with van der Waals surface area (Å²) in [5.41, 5.74) is 7.40. The molecule has 0 spiro atoms. The van der Waals surface area contributed by atoms with Crippen LogP contribution in [-0.2, 0) is 14.6 Å². The fourth-order valence-corrected chi connectivity index (χ4v) is 7.09. The molecule has 0 saturated carbocycles. The molecule has 0 aromatic heterocycles. The molecule has 4 heteroatoms. The Labute approximate surface area is 180 Å². The number of hydrogen-bond acceptors (Lipinski definition) is 3. The van der Waals surface area contributed by atoms with E-state index in [0.717, 1.165) is 11.4 Å². The molecule has 2 aromatic rings. The van der Waals surface area contributed by atoms with Crippen molar-refractivity contribution in [3.63, 3.8) is 0 Å². The summed E-state index contributed by atoms with van der Waals surface area (Å²) in [4.78, 5) is 0. The Kier molecular flexibility index (Phi) is 8.37. The fourth-order valence-electron chi connectivity index (χ4n) is 3.38. The van der Waals surface area contributed by atoms with Crippen LogP contribution in [0.15, 0.2) is 43.5 Å². The monoisotopic (exact) mass is 569 g/mol. The van der Waals surface area contributed by atoms with Gasteiger partial charge in [0.15, 0.2) is 0 Å². The van der Waals surface area contributed by atoms with Gasteiger partial charge in [0.1, 0.15) is 0 Å². The average Bonchev–Trinajstić information content (AvgIpc) is 2.61. The van der Waals surface area contributed by atoms with Crippen molar-refractivity contribution in [1.82, 2.24) is 0 Å². The van der Waals surface area contributed by atoms with E-state index < -0.39 is 14.6 Å². The van der Waals surface area contributed by atoms with Gasteiger partial charge in [-0.3, -0.25) is 0 Å². The maximum atomic E-state index is 5.94. The zero-order chi connectivity index (χ0) is 21.0. The number of nitrogens with zero attached hydrogens (tertiary/aromatic N) is 2. The quantitative estimate of drug-likeness (QED) is 0.341. The zero-order valence-electron chi connectivity index (χ0n) is 18.5. The molecule has 0 aliphatic rings. The number of hydrogen-bond donors (Lipinski definition) is 0. The van der Waals surface area contributed by atoms with Crippen molar-refractivity contribution in [2.75, 3.05) is 0 Å². The predicted molar refractivity (Wildman–Crippen MR) is 121 cm³/mol. The summed E-state index contributed by atoms with van der Waals surface area (Å²) in [7, 11) is 5.94. The van der Waals surface area contributed by atoms with Crippen molar-refractivity contribution in [2.45, 2.75) is 79.1 Å². The first-order chi connectivity index (χ1) is 13.1. The fraction of sp³-hybridized carbons (Fsp3) is 0.500. The van der Waals surface area contributed by atoms with Gasteiger partial charge in [0.05, 0.1) is 0 Å². The van der Waals surface area contributed by atoms with Gasteiger partial charge >= 0.3 is 181 Å². The average molecular weight is 569 g/mol. The van der Waals surface area contributed by atoms with Gasteiger partial charge in [0.2, 0.25) is 0 Å². The van der Waals surface area contributed by atoms with Crippen molar-refractivity contribution in [1.29, 1.82) is 0 Å². The Morgan fingerprint density at radius 2 is 0.821 bits per heavy atom. The molecule has 153 valence electrons. The van der Waals surface area contributed by atoms with E-state index in [-0.39, 0.29) is 0 Å². The zero-order valence-corrected chi connectivity index (χ0v) is 22.0. The van der Waals surface area contributed by atoms with Crippen molar-refractivity contribution in [3.05, 3.63) is 58.7 Å². The molecule has 2 nitrogen and oxygen atoms in total. The second-order valence-electron chi connectivity index (χ2n) is 8.57. The molecule has 0 radical (unpaired) electrons. The molecule has 0 atom stereocenters. The molecule has 0 unspecified atom stereocenters. The van der Waals surface area contributed by atoms with E-state index in [2.05, 4.69) is 91.8 Å². The van der Waals surface area contributed by atoms with Crippen molar-refractivity contribution < 1.29 is 14.6 Å².